The molecule has 0 saturated carbocycles. The predicted octanol–water partition coefficient (Wildman–Crippen LogP) is 4.55. The lowest BCUT2D eigenvalue weighted by molar-refractivity contribution is -0.114. The summed E-state index contributed by atoms with van der Waals surface area (Å²) in [6, 6.07) is 17.3. The molecule has 2 nitrogen and oxygen atoms in total. The van der Waals surface area contributed by atoms with Crippen molar-refractivity contribution in [2.75, 3.05) is 5.32 Å². The molecule has 19 heavy (non-hydrogen) atoms. The van der Waals surface area contributed by atoms with Crippen molar-refractivity contribution in [2.24, 2.45) is 0 Å². The van der Waals surface area contributed by atoms with E-state index in [1.165, 1.54) is 12.5 Å². The summed E-state index contributed by atoms with van der Waals surface area (Å²) >= 11 is 5.54. The molecule has 2 aromatic carbocycles. The molecule has 0 unspecified atom stereocenters. The molecule has 0 bridgehead atoms. The Bertz CT molecular complexity index is 494. The normalized spacial score (nSPS) is 9.21. The second kappa shape index (κ2) is 8.33. The van der Waals surface area contributed by atoms with Gasteiger partial charge in [0.25, 0.3) is 0 Å². The van der Waals surface area contributed by atoms with Crippen LogP contribution in [0.2, 0.25) is 5.02 Å². The van der Waals surface area contributed by atoms with Crippen LogP contribution in [-0.2, 0) is 11.2 Å². The SMILES string of the molecule is CCc1ccc(NC(C)=O)cc1.Clc1ccccc1. The summed E-state index contributed by atoms with van der Waals surface area (Å²) in [6.45, 7) is 3.61. The third-order valence-corrected chi connectivity index (χ3v) is 2.67. The van der Waals surface area contributed by atoms with Gasteiger partial charge < -0.3 is 5.32 Å². The Morgan fingerprint density at radius 3 is 2.00 bits per heavy atom. The Labute approximate surface area is 119 Å². The fraction of sp³-hybridized carbons (Fsp3) is 0.188. The van der Waals surface area contributed by atoms with Gasteiger partial charge in [-0.05, 0) is 36.2 Å². The molecule has 0 aliphatic carbocycles. The number of aryl methyl sites for hydroxylation is 1. The van der Waals surface area contributed by atoms with E-state index in [1.807, 2.05) is 54.6 Å². The molecule has 2 rings (SSSR count). The highest BCUT2D eigenvalue weighted by molar-refractivity contribution is 6.30. The molecule has 100 valence electrons. The van der Waals surface area contributed by atoms with Crippen molar-refractivity contribution in [2.45, 2.75) is 20.3 Å². The first kappa shape index (κ1) is 15.3. The van der Waals surface area contributed by atoms with Crippen LogP contribution < -0.4 is 5.32 Å². The van der Waals surface area contributed by atoms with Crippen LogP contribution in [0.4, 0.5) is 5.69 Å². The maximum atomic E-state index is 10.7. The molecule has 0 radical (unpaired) electrons. The summed E-state index contributed by atoms with van der Waals surface area (Å²) in [5, 5.41) is 3.51. The average molecular weight is 276 g/mol. The molecule has 0 aromatic heterocycles. The Hall–Kier alpha value is -1.80. The Kier molecular flexibility index (Phi) is 6.69. The van der Waals surface area contributed by atoms with Crippen LogP contribution in [0.1, 0.15) is 19.4 Å². The molecule has 0 heterocycles. The van der Waals surface area contributed by atoms with Crippen molar-refractivity contribution in [1.82, 2.24) is 0 Å². The molecule has 3 heteroatoms. The highest BCUT2D eigenvalue weighted by atomic mass is 35.5. The fourth-order valence-corrected chi connectivity index (χ4v) is 1.59. The standard InChI is InChI=1S/C10H13NO.C6H5Cl/c1-3-9-4-6-10(7-5-9)11-8(2)12;7-6-4-2-1-3-5-6/h4-7H,3H2,1-2H3,(H,11,12);1-5H. The minimum absolute atomic E-state index is 0.0285. The van der Waals surface area contributed by atoms with Crippen molar-refractivity contribution in [1.29, 1.82) is 0 Å². The number of hydrogen-bond donors (Lipinski definition) is 1. The first-order chi connectivity index (χ1) is 9.11. The van der Waals surface area contributed by atoms with Gasteiger partial charge in [-0.25, -0.2) is 0 Å². The van der Waals surface area contributed by atoms with E-state index in [2.05, 4.69) is 12.2 Å². The maximum Gasteiger partial charge on any atom is 0.221 e. The van der Waals surface area contributed by atoms with Crippen LogP contribution in [0.3, 0.4) is 0 Å². The third-order valence-electron chi connectivity index (χ3n) is 2.42. The quantitative estimate of drug-likeness (QED) is 0.856. The largest absolute Gasteiger partial charge is 0.326 e. The highest BCUT2D eigenvalue weighted by Crippen LogP contribution is 2.09. The van der Waals surface area contributed by atoms with E-state index in [0.717, 1.165) is 17.1 Å². The van der Waals surface area contributed by atoms with Gasteiger partial charge in [0.2, 0.25) is 5.91 Å². The van der Waals surface area contributed by atoms with Gasteiger partial charge in [0.15, 0.2) is 0 Å². The minimum Gasteiger partial charge on any atom is -0.326 e. The zero-order valence-corrected chi connectivity index (χ0v) is 11.9. The molecule has 2 aromatic rings. The molecule has 1 N–H and O–H groups in total. The number of anilines is 1. The third kappa shape index (κ3) is 6.63. The summed E-state index contributed by atoms with van der Waals surface area (Å²) in [7, 11) is 0. The number of nitrogens with one attached hydrogen (secondary N) is 1. The summed E-state index contributed by atoms with van der Waals surface area (Å²) < 4.78 is 0. The first-order valence-electron chi connectivity index (χ1n) is 6.19. The zero-order valence-electron chi connectivity index (χ0n) is 11.2. The average Bonchev–Trinajstić information content (AvgIpc) is 2.40. The first-order valence-corrected chi connectivity index (χ1v) is 6.56. The number of benzene rings is 2. The molecule has 0 aliphatic rings. The van der Waals surface area contributed by atoms with E-state index in [9.17, 15) is 4.79 Å². The monoisotopic (exact) mass is 275 g/mol. The number of carbonyl (C=O) groups is 1. The lowest BCUT2D eigenvalue weighted by atomic mass is 10.1. The Balaban J connectivity index is 0.000000218. The number of carbonyl (C=O) groups excluding carboxylic acids is 1. The Morgan fingerprint density at radius 2 is 1.63 bits per heavy atom. The number of amides is 1. The van der Waals surface area contributed by atoms with Crippen LogP contribution in [0.25, 0.3) is 0 Å². The highest BCUT2D eigenvalue weighted by Gasteiger charge is 1.93. The smallest absolute Gasteiger partial charge is 0.221 e. The second-order valence-corrected chi connectivity index (χ2v) is 4.46. The van der Waals surface area contributed by atoms with Crippen molar-refractivity contribution in [3.05, 3.63) is 65.2 Å². The van der Waals surface area contributed by atoms with Gasteiger partial charge in [-0.15, -0.1) is 0 Å². The fourth-order valence-electron chi connectivity index (χ4n) is 1.44. The van der Waals surface area contributed by atoms with Gasteiger partial charge in [-0.2, -0.15) is 0 Å². The lowest BCUT2D eigenvalue weighted by Crippen LogP contribution is -2.05. The van der Waals surface area contributed by atoms with E-state index < -0.39 is 0 Å². The van der Waals surface area contributed by atoms with E-state index in [4.69, 9.17) is 11.6 Å². The lowest BCUT2D eigenvalue weighted by Gasteiger charge is -2.01. The van der Waals surface area contributed by atoms with E-state index in [-0.39, 0.29) is 5.91 Å². The van der Waals surface area contributed by atoms with E-state index in [0.29, 0.717) is 0 Å². The van der Waals surface area contributed by atoms with Gasteiger partial charge in [0.1, 0.15) is 0 Å². The number of rotatable bonds is 2. The van der Waals surface area contributed by atoms with Gasteiger partial charge in [0.05, 0.1) is 0 Å². The predicted molar refractivity (Wildman–Crippen MR) is 81.6 cm³/mol. The van der Waals surface area contributed by atoms with Crippen LogP contribution in [0, 0.1) is 0 Å². The minimum atomic E-state index is -0.0285. The van der Waals surface area contributed by atoms with E-state index in [1.54, 1.807) is 0 Å². The molecule has 0 atom stereocenters. The zero-order chi connectivity index (χ0) is 14.1. The molecular formula is C16H18ClNO. The molecule has 0 fully saturated rings. The van der Waals surface area contributed by atoms with Crippen LogP contribution >= 0.6 is 11.6 Å². The van der Waals surface area contributed by atoms with Crippen molar-refractivity contribution in [3.8, 4) is 0 Å². The van der Waals surface area contributed by atoms with Gasteiger partial charge >= 0.3 is 0 Å². The van der Waals surface area contributed by atoms with E-state index >= 15 is 0 Å². The summed E-state index contributed by atoms with van der Waals surface area (Å²) in [4.78, 5) is 10.7. The summed E-state index contributed by atoms with van der Waals surface area (Å²) in [5.74, 6) is -0.0285. The van der Waals surface area contributed by atoms with Gasteiger partial charge in [-0.1, -0.05) is 48.9 Å². The Morgan fingerprint density at radius 1 is 1.05 bits per heavy atom. The topological polar surface area (TPSA) is 29.1 Å². The summed E-state index contributed by atoms with van der Waals surface area (Å²) in [5.41, 5.74) is 2.14. The van der Waals surface area contributed by atoms with Crippen LogP contribution in [-0.4, -0.2) is 5.91 Å². The molecule has 0 aliphatic heterocycles. The second-order valence-electron chi connectivity index (χ2n) is 4.03. The van der Waals surface area contributed by atoms with Gasteiger partial charge in [-0.3, -0.25) is 4.79 Å². The van der Waals surface area contributed by atoms with Crippen molar-refractivity contribution >= 4 is 23.2 Å². The van der Waals surface area contributed by atoms with Gasteiger partial charge in [0, 0.05) is 17.6 Å². The van der Waals surface area contributed by atoms with Crippen molar-refractivity contribution < 1.29 is 4.79 Å². The molecule has 1 amide bonds. The molecular weight excluding hydrogens is 258 g/mol. The number of halogens is 1. The summed E-state index contributed by atoms with van der Waals surface area (Å²) in [6.07, 6.45) is 1.03. The maximum absolute atomic E-state index is 10.7. The number of hydrogen-bond acceptors (Lipinski definition) is 1. The van der Waals surface area contributed by atoms with Crippen molar-refractivity contribution in [3.63, 3.8) is 0 Å². The molecule has 0 spiro atoms. The molecule has 0 saturated heterocycles. The van der Waals surface area contributed by atoms with Crippen LogP contribution in [0.5, 0.6) is 0 Å². The van der Waals surface area contributed by atoms with Crippen LogP contribution in [0.15, 0.2) is 54.6 Å².